The third-order valence-corrected chi connectivity index (χ3v) is 3.63. The molecule has 0 spiro atoms. The molecule has 0 radical (unpaired) electrons. The number of likely N-dealkylation sites (tertiary alicyclic amines) is 1. The first-order chi connectivity index (χ1) is 9.11. The Balaban J connectivity index is 2.08. The van der Waals surface area contributed by atoms with Crippen LogP contribution in [-0.2, 0) is 0 Å². The van der Waals surface area contributed by atoms with E-state index in [-0.39, 0.29) is 11.5 Å². The van der Waals surface area contributed by atoms with Gasteiger partial charge < -0.3 is 10.0 Å². The SMILES string of the molecule is CCCC1CCN(C(=O)c2cccc(C(=O)O)c2)C1. The van der Waals surface area contributed by atoms with Gasteiger partial charge in [0.1, 0.15) is 0 Å². The number of benzene rings is 1. The average molecular weight is 261 g/mol. The molecule has 0 aliphatic carbocycles. The largest absolute Gasteiger partial charge is 0.478 e. The van der Waals surface area contributed by atoms with Crippen LogP contribution in [0.25, 0.3) is 0 Å². The van der Waals surface area contributed by atoms with E-state index in [2.05, 4.69) is 6.92 Å². The number of carboxylic acid groups (broad SMARTS) is 1. The first-order valence-corrected chi connectivity index (χ1v) is 6.74. The molecule has 0 bridgehead atoms. The molecule has 0 saturated carbocycles. The smallest absolute Gasteiger partial charge is 0.335 e. The molecule has 4 nitrogen and oxygen atoms in total. The van der Waals surface area contributed by atoms with Crippen LogP contribution in [0.15, 0.2) is 24.3 Å². The monoisotopic (exact) mass is 261 g/mol. The Hall–Kier alpha value is -1.84. The standard InChI is InChI=1S/C15H19NO3/c1-2-4-11-7-8-16(10-11)14(17)12-5-3-6-13(9-12)15(18)19/h3,5-6,9,11H,2,4,7-8,10H2,1H3,(H,18,19). The Morgan fingerprint density at radius 2 is 2.11 bits per heavy atom. The molecule has 1 heterocycles. The highest BCUT2D eigenvalue weighted by Gasteiger charge is 2.26. The fourth-order valence-corrected chi connectivity index (χ4v) is 2.63. The van der Waals surface area contributed by atoms with Gasteiger partial charge in [-0.15, -0.1) is 0 Å². The molecule has 1 amide bonds. The summed E-state index contributed by atoms with van der Waals surface area (Å²) in [5.74, 6) is -0.460. The van der Waals surface area contributed by atoms with Gasteiger partial charge in [-0.2, -0.15) is 0 Å². The van der Waals surface area contributed by atoms with Gasteiger partial charge >= 0.3 is 5.97 Å². The first-order valence-electron chi connectivity index (χ1n) is 6.74. The van der Waals surface area contributed by atoms with Gasteiger partial charge in [0.25, 0.3) is 5.91 Å². The molecule has 1 saturated heterocycles. The fourth-order valence-electron chi connectivity index (χ4n) is 2.63. The lowest BCUT2D eigenvalue weighted by Crippen LogP contribution is -2.28. The predicted molar refractivity (Wildman–Crippen MR) is 72.3 cm³/mol. The van der Waals surface area contributed by atoms with Crippen molar-refractivity contribution in [3.8, 4) is 0 Å². The van der Waals surface area contributed by atoms with Gasteiger partial charge in [0.05, 0.1) is 5.56 Å². The summed E-state index contributed by atoms with van der Waals surface area (Å²) in [7, 11) is 0. The molecule has 1 unspecified atom stereocenters. The summed E-state index contributed by atoms with van der Waals surface area (Å²) in [6.45, 7) is 3.73. The van der Waals surface area contributed by atoms with E-state index >= 15 is 0 Å². The van der Waals surface area contributed by atoms with Crippen molar-refractivity contribution in [2.24, 2.45) is 5.92 Å². The van der Waals surface area contributed by atoms with Crippen LogP contribution in [-0.4, -0.2) is 35.0 Å². The van der Waals surface area contributed by atoms with Crippen LogP contribution in [0.4, 0.5) is 0 Å². The second-order valence-corrected chi connectivity index (χ2v) is 5.08. The van der Waals surface area contributed by atoms with Crippen molar-refractivity contribution in [1.82, 2.24) is 4.90 Å². The summed E-state index contributed by atoms with van der Waals surface area (Å²) in [6, 6.07) is 6.26. The van der Waals surface area contributed by atoms with Crippen molar-refractivity contribution < 1.29 is 14.7 Å². The van der Waals surface area contributed by atoms with Gasteiger partial charge in [-0.25, -0.2) is 4.79 Å². The number of carboxylic acids is 1. The van der Waals surface area contributed by atoms with E-state index in [4.69, 9.17) is 5.11 Å². The Morgan fingerprint density at radius 3 is 2.79 bits per heavy atom. The molecule has 1 atom stereocenters. The van der Waals surface area contributed by atoms with Crippen LogP contribution in [0.3, 0.4) is 0 Å². The number of hydrogen-bond donors (Lipinski definition) is 1. The molecule has 0 aromatic heterocycles. The van der Waals surface area contributed by atoms with Gasteiger partial charge in [-0.05, 0) is 37.0 Å². The molecule has 102 valence electrons. The lowest BCUT2D eigenvalue weighted by Gasteiger charge is -2.16. The van der Waals surface area contributed by atoms with Crippen LogP contribution >= 0.6 is 0 Å². The summed E-state index contributed by atoms with van der Waals surface area (Å²) in [4.78, 5) is 25.0. The molecule has 2 rings (SSSR count). The van der Waals surface area contributed by atoms with Crippen LogP contribution < -0.4 is 0 Å². The van der Waals surface area contributed by atoms with E-state index in [1.54, 1.807) is 12.1 Å². The molecular weight excluding hydrogens is 242 g/mol. The number of nitrogens with zero attached hydrogens (tertiary/aromatic N) is 1. The van der Waals surface area contributed by atoms with Crippen LogP contribution in [0, 0.1) is 5.92 Å². The lowest BCUT2D eigenvalue weighted by atomic mass is 10.0. The zero-order valence-corrected chi connectivity index (χ0v) is 11.1. The number of rotatable bonds is 4. The summed E-state index contributed by atoms with van der Waals surface area (Å²) in [5, 5.41) is 8.94. The topological polar surface area (TPSA) is 57.6 Å². The van der Waals surface area contributed by atoms with E-state index in [0.717, 1.165) is 32.4 Å². The summed E-state index contributed by atoms with van der Waals surface area (Å²) >= 11 is 0. The second kappa shape index (κ2) is 5.87. The zero-order chi connectivity index (χ0) is 13.8. The maximum absolute atomic E-state index is 12.3. The average Bonchev–Trinajstić information content (AvgIpc) is 2.87. The van der Waals surface area contributed by atoms with E-state index < -0.39 is 5.97 Å². The highest BCUT2D eigenvalue weighted by molar-refractivity contribution is 5.97. The molecule has 19 heavy (non-hydrogen) atoms. The minimum atomic E-state index is -1.00. The second-order valence-electron chi connectivity index (χ2n) is 5.08. The van der Waals surface area contributed by atoms with Gasteiger partial charge in [0.2, 0.25) is 0 Å². The van der Waals surface area contributed by atoms with E-state index in [1.807, 2.05) is 4.90 Å². The van der Waals surface area contributed by atoms with E-state index in [0.29, 0.717) is 11.5 Å². The predicted octanol–water partition coefficient (Wildman–Crippen LogP) is 2.65. The Labute approximate surface area is 113 Å². The first kappa shape index (κ1) is 13.6. The molecule has 1 N–H and O–H groups in total. The summed E-state index contributed by atoms with van der Waals surface area (Å²) in [6.07, 6.45) is 3.35. The third kappa shape index (κ3) is 3.13. The maximum atomic E-state index is 12.3. The molecule has 1 aromatic rings. The van der Waals surface area contributed by atoms with Gasteiger partial charge in [-0.1, -0.05) is 19.4 Å². The number of hydrogen-bond acceptors (Lipinski definition) is 2. The van der Waals surface area contributed by atoms with E-state index in [1.165, 1.54) is 12.1 Å². The lowest BCUT2D eigenvalue weighted by molar-refractivity contribution is 0.0697. The van der Waals surface area contributed by atoms with Crippen LogP contribution in [0.2, 0.25) is 0 Å². The molecule has 1 aliphatic heterocycles. The zero-order valence-electron chi connectivity index (χ0n) is 11.1. The van der Waals surface area contributed by atoms with E-state index in [9.17, 15) is 9.59 Å². The van der Waals surface area contributed by atoms with Crippen LogP contribution in [0.5, 0.6) is 0 Å². The molecule has 1 aliphatic rings. The molecule has 1 aromatic carbocycles. The van der Waals surface area contributed by atoms with Crippen molar-refractivity contribution in [3.63, 3.8) is 0 Å². The number of carbonyl (C=O) groups is 2. The maximum Gasteiger partial charge on any atom is 0.335 e. The minimum absolute atomic E-state index is 0.0540. The quantitative estimate of drug-likeness (QED) is 0.906. The Morgan fingerprint density at radius 1 is 1.37 bits per heavy atom. The minimum Gasteiger partial charge on any atom is -0.478 e. The summed E-state index contributed by atoms with van der Waals surface area (Å²) in [5.41, 5.74) is 0.632. The van der Waals surface area contributed by atoms with Crippen molar-refractivity contribution in [2.45, 2.75) is 26.2 Å². The number of amides is 1. The van der Waals surface area contributed by atoms with Gasteiger partial charge in [0.15, 0.2) is 0 Å². The molecule has 4 heteroatoms. The Kier molecular flexibility index (Phi) is 4.20. The van der Waals surface area contributed by atoms with Crippen molar-refractivity contribution in [1.29, 1.82) is 0 Å². The van der Waals surface area contributed by atoms with Crippen molar-refractivity contribution in [3.05, 3.63) is 35.4 Å². The third-order valence-electron chi connectivity index (χ3n) is 3.63. The van der Waals surface area contributed by atoms with Crippen LogP contribution in [0.1, 0.15) is 46.9 Å². The number of aromatic carboxylic acids is 1. The molecule has 1 fully saturated rings. The normalized spacial score (nSPS) is 18.6. The van der Waals surface area contributed by atoms with Crippen molar-refractivity contribution in [2.75, 3.05) is 13.1 Å². The highest BCUT2D eigenvalue weighted by Crippen LogP contribution is 2.22. The summed E-state index contributed by atoms with van der Waals surface area (Å²) < 4.78 is 0. The van der Waals surface area contributed by atoms with Gasteiger partial charge in [-0.3, -0.25) is 4.79 Å². The van der Waals surface area contributed by atoms with Gasteiger partial charge in [0, 0.05) is 18.7 Å². The fraction of sp³-hybridized carbons (Fsp3) is 0.467. The number of carbonyl (C=O) groups excluding carboxylic acids is 1. The Bertz CT molecular complexity index is 484. The molecular formula is C15H19NO3. The van der Waals surface area contributed by atoms with Crippen molar-refractivity contribution >= 4 is 11.9 Å². The highest BCUT2D eigenvalue weighted by atomic mass is 16.4.